The normalized spacial score (nSPS) is 16.4. The summed E-state index contributed by atoms with van der Waals surface area (Å²) in [7, 11) is -4.17. The molecule has 0 radical (unpaired) electrons. The summed E-state index contributed by atoms with van der Waals surface area (Å²) in [4.78, 5) is 49.8. The predicted octanol–water partition coefficient (Wildman–Crippen LogP) is -0.166. The van der Waals surface area contributed by atoms with Crippen LogP contribution in [-0.2, 0) is 35.6 Å². The molecule has 3 amide bonds. The van der Waals surface area contributed by atoms with Crippen molar-refractivity contribution in [1.82, 2.24) is 26.0 Å². The molecule has 44 heavy (non-hydrogen) atoms. The summed E-state index contributed by atoms with van der Waals surface area (Å²) >= 11 is 0. The Morgan fingerprint density at radius 1 is 0.932 bits per heavy atom. The number of ether oxygens (including phenoxy) is 1. The lowest BCUT2D eigenvalue weighted by atomic mass is 9.94. The smallest absolute Gasteiger partial charge is 0.325 e. The van der Waals surface area contributed by atoms with E-state index in [1.165, 1.54) is 20.8 Å². The number of amides is 3. The molecule has 9 N–H and O–H groups in total. The minimum Gasteiger partial charge on any atom is -0.487 e. The Morgan fingerprint density at radius 3 is 2.07 bits per heavy atom. The first kappa shape index (κ1) is 36.3. The van der Waals surface area contributed by atoms with Crippen LogP contribution >= 0.6 is 0 Å². The summed E-state index contributed by atoms with van der Waals surface area (Å²) in [5.74, 6) is -3.14. The molecule has 0 aliphatic carbocycles. The molecule has 4 atom stereocenters. The van der Waals surface area contributed by atoms with Crippen molar-refractivity contribution >= 4 is 39.7 Å². The number of aliphatic carboxylic acids is 1. The lowest BCUT2D eigenvalue weighted by Gasteiger charge is -2.24. The lowest BCUT2D eigenvalue weighted by Crippen LogP contribution is -2.56. The van der Waals surface area contributed by atoms with E-state index >= 15 is 0 Å². The minimum atomic E-state index is -4.17. The van der Waals surface area contributed by atoms with Gasteiger partial charge in [-0.3, -0.25) is 24.6 Å². The summed E-state index contributed by atoms with van der Waals surface area (Å²) in [5.41, 5.74) is 7.32. The van der Waals surface area contributed by atoms with Gasteiger partial charge in [0.05, 0.1) is 10.9 Å². The van der Waals surface area contributed by atoms with Crippen LogP contribution in [0.1, 0.15) is 69.7 Å². The predicted molar refractivity (Wildman–Crippen MR) is 163 cm³/mol. The monoisotopic (exact) mass is 639 g/mol. The van der Waals surface area contributed by atoms with E-state index in [0.29, 0.717) is 35.3 Å². The number of carboxylic acid groups (broad SMARTS) is 1. The second-order valence-corrected chi connectivity index (χ2v) is 13.4. The second kappa shape index (κ2) is 14.2. The first-order chi connectivity index (χ1) is 20.2. The van der Waals surface area contributed by atoms with Gasteiger partial charge in [0.2, 0.25) is 27.7 Å². The molecule has 1 heterocycles. The van der Waals surface area contributed by atoms with Crippen LogP contribution in [0, 0.1) is 26.2 Å². The van der Waals surface area contributed by atoms with Gasteiger partial charge in [-0.15, -0.1) is 0 Å². The number of hydrogen-bond acceptors (Lipinski definition) is 8. The molecule has 1 aromatic rings. The number of benzene rings is 1. The van der Waals surface area contributed by atoms with Crippen LogP contribution in [0.2, 0.25) is 0 Å². The largest absolute Gasteiger partial charge is 0.487 e. The van der Waals surface area contributed by atoms with E-state index in [4.69, 9.17) is 21.0 Å². The number of nitrogens with one attached hydrogen (secondary N) is 6. The molecule has 16 heteroatoms. The molecular formula is C28H45N7O8S. The average molecular weight is 640 g/mol. The first-order valence-corrected chi connectivity index (χ1v) is 15.7. The van der Waals surface area contributed by atoms with Crippen molar-refractivity contribution in [3.63, 3.8) is 0 Å². The van der Waals surface area contributed by atoms with Crippen molar-refractivity contribution < 1.29 is 37.4 Å². The van der Waals surface area contributed by atoms with Crippen LogP contribution in [0.25, 0.3) is 0 Å². The van der Waals surface area contributed by atoms with Gasteiger partial charge in [-0.2, -0.15) is 4.72 Å². The zero-order chi connectivity index (χ0) is 33.7. The minimum absolute atomic E-state index is 0.0716. The maximum atomic E-state index is 13.5. The Morgan fingerprint density at radius 2 is 1.50 bits per heavy atom. The maximum absolute atomic E-state index is 13.5. The van der Waals surface area contributed by atoms with Gasteiger partial charge in [0, 0.05) is 18.5 Å². The summed E-state index contributed by atoms with van der Waals surface area (Å²) in [6, 6.07) is -4.81. The SMILES string of the molecule is Cc1c(C)c(S(=O)(=O)N[C@@H](C)C(=O)N[C@@H](C)C(=O)N[C@@H](CCCNC(=N)N)C(=O)N[C@@H](C)C(=O)O)c(C)c2c1OC(C)(C)C2. The standard InChI is InChI=1S/C28H45N7O8S/c1-13-14(2)22(15(3)19-12-28(7,8)43-21(13)19)44(41,42)35-17(5)24(37)32-16(4)23(36)34-20(10-9-11-31-27(29)30)25(38)33-18(6)26(39)40/h16-18,20,35H,9-12H2,1-8H3,(H,32,37)(H,33,38)(H,34,36)(H,39,40)(H4,29,30,31)/t16-,17-,18-,20-/m0/s1. The van der Waals surface area contributed by atoms with Crippen molar-refractivity contribution in [2.24, 2.45) is 5.73 Å². The number of nitrogens with two attached hydrogens (primary N) is 1. The summed E-state index contributed by atoms with van der Waals surface area (Å²) in [5, 5.41) is 26.1. The van der Waals surface area contributed by atoms with Crippen LogP contribution in [0.4, 0.5) is 0 Å². The number of carbonyl (C=O) groups excluding carboxylic acids is 3. The highest BCUT2D eigenvalue weighted by Crippen LogP contribution is 2.43. The van der Waals surface area contributed by atoms with Gasteiger partial charge in [0.25, 0.3) is 0 Å². The number of guanidine groups is 1. The number of carbonyl (C=O) groups is 4. The molecule has 0 fully saturated rings. The maximum Gasteiger partial charge on any atom is 0.325 e. The number of carboxylic acids is 1. The molecule has 1 aromatic carbocycles. The van der Waals surface area contributed by atoms with E-state index in [1.807, 2.05) is 13.8 Å². The molecule has 0 bridgehead atoms. The van der Waals surface area contributed by atoms with Gasteiger partial charge in [-0.1, -0.05) is 0 Å². The van der Waals surface area contributed by atoms with Crippen molar-refractivity contribution in [1.29, 1.82) is 5.41 Å². The molecule has 15 nitrogen and oxygen atoms in total. The quantitative estimate of drug-likeness (QED) is 0.0759. The Kier molecular flexibility index (Phi) is 11.7. The van der Waals surface area contributed by atoms with E-state index in [0.717, 1.165) is 5.56 Å². The number of sulfonamides is 1. The number of rotatable bonds is 14. The Bertz CT molecular complexity index is 1430. The van der Waals surface area contributed by atoms with Crippen molar-refractivity contribution in [3.05, 3.63) is 22.3 Å². The third kappa shape index (κ3) is 9.05. The van der Waals surface area contributed by atoms with Crippen LogP contribution in [0.15, 0.2) is 4.90 Å². The first-order valence-electron chi connectivity index (χ1n) is 14.2. The van der Waals surface area contributed by atoms with Gasteiger partial charge in [0.1, 0.15) is 29.5 Å². The van der Waals surface area contributed by atoms with Crippen molar-refractivity contribution in [2.45, 2.75) is 109 Å². The van der Waals surface area contributed by atoms with Crippen LogP contribution < -0.4 is 36.5 Å². The van der Waals surface area contributed by atoms with E-state index in [9.17, 15) is 27.6 Å². The summed E-state index contributed by atoms with van der Waals surface area (Å²) < 4.78 is 35.5. The molecule has 1 aliphatic rings. The Hall–Kier alpha value is -3.92. The number of hydrogen-bond donors (Lipinski definition) is 8. The van der Waals surface area contributed by atoms with Gasteiger partial charge in [0.15, 0.2) is 5.96 Å². The molecule has 246 valence electrons. The van der Waals surface area contributed by atoms with Crippen molar-refractivity contribution in [3.8, 4) is 5.75 Å². The third-order valence-corrected chi connectivity index (χ3v) is 9.20. The van der Waals surface area contributed by atoms with E-state index in [-0.39, 0.29) is 23.8 Å². The van der Waals surface area contributed by atoms with Crippen molar-refractivity contribution in [2.75, 3.05) is 6.54 Å². The van der Waals surface area contributed by atoms with Gasteiger partial charge < -0.3 is 36.8 Å². The molecule has 0 aromatic heterocycles. The van der Waals surface area contributed by atoms with Gasteiger partial charge in [-0.05, 0) is 84.9 Å². The third-order valence-electron chi connectivity index (χ3n) is 7.39. The van der Waals surface area contributed by atoms with Crippen LogP contribution in [0.3, 0.4) is 0 Å². The second-order valence-electron chi connectivity index (χ2n) is 11.7. The van der Waals surface area contributed by atoms with E-state index in [1.54, 1.807) is 20.8 Å². The Labute approximate surface area is 258 Å². The molecule has 0 saturated heterocycles. The summed E-state index contributed by atoms with van der Waals surface area (Å²) in [6.07, 6.45) is 0.897. The average Bonchev–Trinajstić information content (AvgIpc) is 3.23. The van der Waals surface area contributed by atoms with Crippen LogP contribution in [-0.4, -0.2) is 79.5 Å². The zero-order valence-corrected chi connectivity index (χ0v) is 27.2. The highest BCUT2D eigenvalue weighted by molar-refractivity contribution is 7.89. The lowest BCUT2D eigenvalue weighted by molar-refractivity contribution is -0.141. The summed E-state index contributed by atoms with van der Waals surface area (Å²) in [6.45, 7) is 13.2. The highest BCUT2D eigenvalue weighted by Gasteiger charge is 2.37. The highest BCUT2D eigenvalue weighted by atomic mass is 32.2. The van der Waals surface area contributed by atoms with Gasteiger partial charge >= 0.3 is 5.97 Å². The molecule has 2 rings (SSSR count). The zero-order valence-electron chi connectivity index (χ0n) is 26.4. The molecular weight excluding hydrogens is 594 g/mol. The van der Waals surface area contributed by atoms with E-state index in [2.05, 4.69) is 26.0 Å². The Balaban J connectivity index is 2.13. The fourth-order valence-electron chi connectivity index (χ4n) is 4.87. The van der Waals surface area contributed by atoms with E-state index < -0.39 is 63.5 Å². The number of fused-ring (bicyclic) bond motifs is 1. The van der Waals surface area contributed by atoms with Gasteiger partial charge in [-0.25, -0.2) is 8.42 Å². The molecule has 0 unspecified atom stereocenters. The molecule has 0 saturated carbocycles. The fraction of sp³-hybridized carbons (Fsp3) is 0.607. The topological polar surface area (TPSA) is 242 Å². The van der Waals surface area contributed by atoms with Crippen LogP contribution in [0.5, 0.6) is 5.75 Å². The molecule has 1 aliphatic heterocycles. The fourth-order valence-corrected chi connectivity index (χ4v) is 6.64. The molecule has 0 spiro atoms.